The zero-order valence-electron chi connectivity index (χ0n) is 24.6. The minimum absolute atomic E-state index is 0.00814. The second kappa shape index (κ2) is 13.0. The van der Waals surface area contributed by atoms with E-state index in [1.165, 1.54) is 13.2 Å². The van der Waals surface area contributed by atoms with Gasteiger partial charge in [-0.15, -0.1) is 5.10 Å². The second-order valence-electron chi connectivity index (χ2n) is 11.5. The van der Waals surface area contributed by atoms with Crippen molar-refractivity contribution in [2.45, 2.75) is 43.2 Å². The Morgan fingerprint density at radius 2 is 1.71 bits per heavy atom. The summed E-state index contributed by atoms with van der Waals surface area (Å²) in [6.07, 6.45) is -4.02. The maximum atomic E-state index is 13.6. The van der Waals surface area contributed by atoms with Gasteiger partial charge in [-0.1, -0.05) is 60.7 Å². The number of rotatable bonds is 9. The van der Waals surface area contributed by atoms with Crippen LogP contribution in [0.3, 0.4) is 0 Å². The largest absolute Gasteiger partial charge is 0.496 e. The first-order valence-electron chi connectivity index (χ1n) is 14.8. The van der Waals surface area contributed by atoms with Gasteiger partial charge in [0.1, 0.15) is 12.4 Å². The van der Waals surface area contributed by atoms with E-state index in [1.807, 2.05) is 36.4 Å². The van der Waals surface area contributed by atoms with E-state index in [0.29, 0.717) is 48.6 Å². The van der Waals surface area contributed by atoms with Crippen LogP contribution in [0.2, 0.25) is 0 Å². The summed E-state index contributed by atoms with van der Waals surface area (Å²) in [4.78, 5) is 16.9. The summed E-state index contributed by atoms with van der Waals surface area (Å²) >= 11 is 0. The Kier molecular flexibility index (Phi) is 8.83. The smallest absolute Gasteiger partial charge is 0.453 e. The van der Waals surface area contributed by atoms with E-state index in [4.69, 9.17) is 4.74 Å². The molecule has 2 aliphatic heterocycles. The van der Waals surface area contributed by atoms with Gasteiger partial charge < -0.3 is 15.2 Å². The lowest BCUT2D eigenvalue weighted by Crippen LogP contribution is -2.58. The maximum Gasteiger partial charge on any atom is 0.453 e. The highest BCUT2D eigenvalue weighted by Gasteiger charge is 2.45. The third kappa shape index (κ3) is 6.56. The fraction of sp³-hybridized carbons (Fsp3) is 0.375. The molecule has 45 heavy (non-hydrogen) atoms. The summed E-state index contributed by atoms with van der Waals surface area (Å²) < 4.78 is 47.1. The van der Waals surface area contributed by atoms with Gasteiger partial charge in [-0.05, 0) is 46.2 Å². The average Bonchev–Trinajstić information content (AvgIpc) is 3.70. The van der Waals surface area contributed by atoms with E-state index < -0.39 is 24.5 Å². The van der Waals surface area contributed by atoms with Crippen LogP contribution in [-0.4, -0.2) is 92.5 Å². The summed E-state index contributed by atoms with van der Waals surface area (Å²) in [5.41, 5.74) is 3.20. The van der Waals surface area contributed by atoms with Crippen LogP contribution >= 0.6 is 0 Å². The van der Waals surface area contributed by atoms with Crippen LogP contribution in [0.15, 0.2) is 78.9 Å². The van der Waals surface area contributed by atoms with Crippen LogP contribution in [0, 0.1) is 0 Å². The molecule has 6 rings (SSSR count). The second-order valence-corrected chi connectivity index (χ2v) is 11.5. The quantitative estimate of drug-likeness (QED) is 0.293. The highest BCUT2D eigenvalue weighted by Crippen LogP contribution is 2.39. The first-order valence-corrected chi connectivity index (χ1v) is 14.8. The summed E-state index contributed by atoms with van der Waals surface area (Å²) in [6.45, 7) is 1.80. The molecule has 2 aliphatic rings. The molecule has 0 spiro atoms. The molecule has 13 heteroatoms. The van der Waals surface area contributed by atoms with Crippen molar-refractivity contribution >= 4 is 5.91 Å². The number of benzene rings is 3. The summed E-state index contributed by atoms with van der Waals surface area (Å²) in [5, 5.41) is 22.4. The molecule has 2 N–H and O–H groups in total. The van der Waals surface area contributed by atoms with Gasteiger partial charge in [0.05, 0.1) is 12.8 Å². The van der Waals surface area contributed by atoms with Crippen molar-refractivity contribution in [2.24, 2.45) is 0 Å². The SMILES string of the molecule is COc1ccc(-n2nnnc2C(F)(F)F)cc1CN1C[C@@H]2CC(NC(=O)CO)CN2[C@H](C(c2ccccc2)c2ccccc2)C1. The van der Waals surface area contributed by atoms with E-state index >= 15 is 0 Å². The molecule has 3 atom stereocenters. The number of carbonyl (C=O) groups is 1. The molecule has 3 aromatic carbocycles. The first kappa shape index (κ1) is 30.7. The number of piperazine rings is 1. The number of ether oxygens (including phenoxy) is 1. The molecule has 0 saturated carbocycles. The van der Waals surface area contributed by atoms with Crippen LogP contribution in [0.4, 0.5) is 13.2 Å². The molecule has 2 saturated heterocycles. The van der Waals surface area contributed by atoms with E-state index in [-0.39, 0.29) is 29.7 Å². The van der Waals surface area contributed by atoms with E-state index in [0.717, 1.165) is 11.1 Å². The van der Waals surface area contributed by atoms with Gasteiger partial charge in [-0.2, -0.15) is 17.9 Å². The number of hydrogen-bond acceptors (Lipinski definition) is 8. The van der Waals surface area contributed by atoms with Crippen LogP contribution in [0.25, 0.3) is 5.69 Å². The van der Waals surface area contributed by atoms with Crippen molar-refractivity contribution in [3.05, 3.63) is 101 Å². The van der Waals surface area contributed by atoms with E-state index in [9.17, 15) is 23.1 Å². The number of aliphatic hydroxyl groups is 1. The highest BCUT2D eigenvalue weighted by molar-refractivity contribution is 5.77. The average molecular weight is 622 g/mol. The Morgan fingerprint density at radius 1 is 1.02 bits per heavy atom. The Hall–Kier alpha value is -4.33. The molecule has 0 radical (unpaired) electrons. The number of hydrogen-bond donors (Lipinski definition) is 2. The molecule has 1 aromatic heterocycles. The van der Waals surface area contributed by atoms with Gasteiger partial charge in [0.15, 0.2) is 0 Å². The van der Waals surface area contributed by atoms with Crippen molar-refractivity contribution < 1.29 is 27.8 Å². The predicted molar refractivity (Wildman–Crippen MR) is 159 cm³/mol. The number of tetrazole rings is 1. The summed E-state index contributed by atoms with van der Waals surface area (Å²) in [5.74, 6) is -1.06. The molecule has 236 valence electrons. The maximum absolute atomic E-state index is 13.6. The lowest BCUT2D eigenvalue weighted by atomic mass is 9.82. The van der Waals surface area contributed by atoms with E-state index in [1.54, 1.807) is 12.1 Å². The van der Waals surface area contributed by atoms with Gasteiger partial charge in [0.2, 0.25) is 5.91 Å². The number of carbonyl (C=O) groups excluding carboxylic acids is 1. The Morgan fingerprint density at radius 3 is 2.33 bits per heavy atom. The normalized spacial score (nSPS) is 20.7. The number of halogens is 3. The van der Waals surface area contributed by atoms with Crippen LogP contribution in [0.5, 0.6) is 5.75 Å². The number of aliphatic hydroxyl groups excluding tert-OH is 1. The zero-order chi connectivity index (χ0) is 31.6. The number of nitrogens with zero attached hydrogens (tertiary/aromatic N) is 6. The summed E-state index contributed by atoms with van der Waals surface area (Å²) in [6, 6.07) is 25.4. The fourth-order valence-corrected chi connectivity index (χ4v) is 6.83. The van der Waals surface area contributed by atoms with Gasteiger partial charge in [-0.25, -0.2) is 0 Å². The first-order chi connectivity index (χ1) is 21.7. The lowest BCUT2D eigenvalue weighted by molar-refractivity contribution is -0.146. The van der Waals surface area contributed by atoms with Crippen LogP contribution < -0.4 is 10.1 Å². The molecule has 0 aliphatic carbocycles. The van der Waals surface area contributed by atoms with Crippen LogP contribution in [0.1, 0.15) is 34.9 Å². The molecular weight excluding hydrogens is 587 g/mol. The third-order valence-electron chi connectivity index (χ3n) is 8.63. The van der Waals surface area contributed by atoms with Crippen molar-refractivity contribution in [1.82, 2.24) is 35.3 Å². The zero-order valence-corrected chi connectivity index (χ0v) is 24.6. The number of amides is 1. The number of aromatic nitrogens is 4. The van der Waals surface area contributed by atoms with Gasteiger partial charge in [-0.3, -0.25) is 14.6 Å². The number of nitrogens with one attached hydrogen (secondary N) is 1. The number of fused-ring (bicyclic) bond motifs is 1. The topological polar surface area (TPSA) is 109 Å². The Labute approximate surface area is 258 Å². The number of alkyl halides is 3. The molecule has 1 unspecified atom stereocenters. The van der Waals surface area contributed by atoms with Crippen molar-refractivity contribution in [1.29, 1.82) is 0 Å². The van der Waals surface area contributed by atoms with Gasteiger partial charge in [0.25, 0.3) is 5.82 Å². The Balaban J connectivity index is 1.36. The third-order valence-corrected chi connectivity index (χ3v) is 8.63. The molecule has 4 aromatic rings. The monoisotopic (exact) mass is 621 g/mol. The molecular formula is C32H34F3N7O3. The molecule has 1 amide bonds. The summed E-state index contributed by atoms with van der Waals surface area (Å²) in [7, 11) is 1.53. The molecule has 2 fully saturated rings. The predicted octanol–water partition coefficient (Wildman–Crippen LogP) is 3.26. The highest BCUT2D eigenvalue weighted by atomic mass is 19.4. The van der Waals surface area contributed by atoms with Crippen molar-refractivity contribution in [3.63, 3.8) is 0 Å². The minimum atomic E-state index is -4.72. The molecule has 10 nitrogen and oxygen atoms in total. The minimum Gasteiger partial charge on any atom is -0.496 e. The van der Waals surface area contributed by atoms with Crippen molar-refractivity contribution in [3.8, 4) is 11.4 Å². The Bertz CT molecular complexity index is 1560. The van der Waals surface area contributed by atoms with E-state index in [2.05, 4.69) is 54.9 Å². The number of methoxy groups -OCH3 is 1. The van der Waals surface area contributed by atoms with Crippen molar-refractivity contribution in [2.75, 3.05) is 33.4 Å². The molecule has 3 heterocycles. The van der Waals surface area contributed by atoms with Gasteiger partial charge >= 0.3 is 6.18 Å². The van der Waals surface area contributed by atoms with Gasteiger partial charge in [0, 0.05) is 55.8 Å². The lowest BCUT2D eigenvalue weighted by Gasteiger charge is -2.47. The van der Waals surface area contributed by atoms with Crippen LogP contribution in [-0.2, 0) is 17.5 Å². The fourth-order valence-electron chi connectivity index (χ4n) is 6.83. The standard InChI is InChI=1S/C32H34F3N7O3/c1-45-28-13-12-25(42-31(32(33,34)35)37-38-39-42)14-23(28)16-40-18-26-15-24(36-29(44)20-43)17-41(26)27(19-40)30(21-8-4-2-5-9-21)22-10-6-3-7-11-22/h2-14,24,26-27,30,43H,15-20H2,1H3,(H,36,44)/t24?,26-,27-/m0/s1. The molecule has 0 bridgehead atoms.